The van der Waals surface area contributed by atoms with Gasteiger partial charge in [0.2, 0.25) is 0 Å². The fourth-order valence-electron chi connectivity index (χ4n) is 2.62. The SMILES string of the molecule is Cc1cc(C=CC(=O)O)ccc1N1CCC(C)(C)C1. The molecule has 3 heteroatoms. The molecule has 0 unspecified atom stereocenters. The molecule has 2 rings (SSSR count). The van der Waals surface area contributed by atoms with E-state index >= 15 is 0 Å². The molecule has 1 heterocycles. The van der Waals surface area contributed by atoms with Crippen LogP contribution in [0.4, 0.5) is 5.69 Å². The predicted molar refractivity (Wildman–Crippen MR) is 78.5 cm³/mol. The zero-order chi connectivity index (χ0) is 14.0. The summed E-state index contributed by atoms with van der Waals surface area (Å²) < 4.78 is 0. The molecular formula is C16H21NO2. The minimum atomic E-state index is -0.914. The van der Waals surface area contributed by atoms with Crippen LogP contribution >= 0.6 is 0 Å². The van der Waals surface area contributed by atoms with Gasteiger partial charge in [0.25, 0.3) is 0 Å². The molecule has 0 aromatic heterocycles. The summed E-state index contributed by atoms with van der Waals surface area (Å²) in [7, 11) is 0. The molecule has 0 radical (unpaired) electrons. The number of anilines is 1. The molecule has 3 nitrogen and oxygen atoms in total. The second-order valence-electron chi connectivity index (χ2n) is 6.05. The van der Waals surface area contributed by atoms with Crippen LogP contribution in [0.1, 0.15) is 31.4 Å². The molecular weight excluding hydrogens is 238 g/mol. The maximum absolute atomic E-state index is 10.5. The third-order valence-corrected chi connectivity index (χ3v) is 3.66. The topological polar surface area (TPSA) is 40.5 Å². The number of carbonyl (C=O) groups is 1. The van der Waals surface area contributed by atoms with Crippen molar-refractivity contribution in [1.29, 1.82) is 0 Å². The van der Waals surface area contributed by atoms with Gasteiger partial charge in [0, 0.05) is 24.9 Å². The summed E-state index contributed by atoms with van der Waals surface area (Å²) in [4.78, 5) is 12.9. The first kappa shape index (κ1) is 13.7. The van der Waals surface area contributed by atoms with Crippen LogP contribution in [0.15, 0.2) is 24.3 Å². The second-order valence-corrected chi connectivity index (χ2v) is 6.05. The lowest BCUT2D eigenvalue weighted by atomic mass is 9.93. The molecule has 1 aliphatic rings. The molecule has 0 saturated carbocycles. The molecule has 1 saturated heterocycles. The van der Waals surface area contributed by atoms with E-state index in [4.69, 9.17) is 5.11 Å². The lowest BCUT2D eigenvalue weighted by Gasteiger charge is -2.23. The first-order chi connectivity index (χ1) is 8.87. The fraction of sp³-hybridized carbons (Fsp3) is 0.438. The van der Waals surface area contributed by atoms with Gasteiger partial charge in [0.05, 0.1) is 0 Å². The third kappa shape index (κ3) is 3.37. The molecule has 19 heavy (non-hydrogen) atoms. The van der Waals surface area contributed by atoms with Gasteiger partial charge in [-0.15, -0.1) is 0 Å². The van der Waals surface area contributed by atoms with E-state index in [0.29, 0.717) is 5.41 Å². The summed E-state index contributed by atoms with van der Waals surface area (Å²) in [5, 5.41) is 8.63. The Morgan fingerprint density at radius 3 is 2.68 bits per heavy atom. The monoisotopic (exact) mass is 259 g/mol. The van der Waals surface area contributed by atoms with Gasteiger partial charge in [0.15, 0.2) is 0 Å². The van der Waals surface area contributed by atoms with Gasteiger partial charge in [-0.05, 0) is 48.1 Å². The van der Waals surface area contributed by atoms with Crippen molar-refractivity contribution in [2.24, 2.45) is 5.41 Å². The second kappa shape index (κ2) is 5.08. The number of nitrogens with zero attached hydrogens (tertiary/aromatic N) is 1. The van der Waals surface area contributed by atoms with Gasteiger partial charge in [-0.3, -0.25) is 0 Å². The number of aliphatic carboxylic acids is 1. The van der Waals surface area contributed by atoms with Gasteiger partial charge in [-0.1, -0.05) is 19.9 Å². The number of hydrogen-bond donors (Lipinski definition) is 1. The highest BCUT2D eigenvalue weighted by Gasteiger charge is 2.29. The van der Waals surface area contributed by atoms with Crippen LogP contribution in [0.5, 0.6) is 0 Å². The summed E-state index contributed by atoms with van der Waals surface area (Å²) in [6, 6.07) is 6.12. The maximum Gasteiger partial charge on any atom is 0.328 e. The van der Waals surface area contributed by atoms with Crippen LogP contribution in [0.25, 0.3) is 6.08 Å². The number of hydrogen-bond acceptors (Lipinski definition) is 2. The van der Waals surface area contributed by atoms with Crippen LogP contribution in [0, 0.1) is 12.3 Å². The molecule has 1 aliphatic heterocycles. The Hall–Kier alpha value is -1.77. The first-order valence-electron chi connectivity index (χ1n) is 6.64. The van der Waals surface area contributed by atoms with Crippen LogP contribution in [0.3, 0.4) is 0 Å². The maximum atomic E-state index is 10.5. The molecule has 0 aliphatic carbocycles. The third-order valence-electron chi connectivity index (χ3n) is 3.66. The number of carboxylic acid groups (broad SMARTS) is 1. The lowest BCUT2D eigenvalue weighted by molar-refractivity contribution is -0.131. The number of carboxylic acids is 1. The molecule has 1 fully saturated rings. The highest BCUT2D eigenvalue weighted by molar-refractivity contribution is 5.85. The van der Waals surface area contributed by atoms with Crippen molar-refractivity contribution >= 4 is 17.7 Å². The predicted octanol–water partition coefficient (Wildman–Crippen LogP) is 3.33. The Balaban J connectivity index is 2.18. The first-order valence-corrected chi connectivity index (χ1v) is 6.64. The van der Waals surface area contributed by atoms with Gasteiger partial charge in [-0.2, -0.15) is 0 Å². The van der Waals surface area contributed by atoms with Crippen molar-refractivity contribution in [3.63, 3.8) is 0 Å². The van der Waals surface area contributed by atoms with E-state index in [1.165, 1.54) is 23.7 Å². The van der Waals surface area contributed by atoms with E-state index < -0.39 is 5.97 Å². The Kier molecular flexibility index (Phi) is 3.65. The van der Waals surface area contributed by atoms with Crippen LogP contribution in [-0.2, 0) is 4.79 Å². The molecule has 102 valence electrons. The van der Waals surface area contributed by atoms with Gasteiger partial charge >= 0.3 is 5.97 Å². The quantitative estimate of drug-likeness (QED) is 0.846. The van der Waals surface area contributed by atoms with E-state index in [-0.39, 0.29) is 0 Å². The zero-order valence-electron chi connectivity index (χ0n) is 11.8. The van der Waals surface area contributed by atoms with Crippen molar-refractivity contribution in [2.45, 2.75) is 27.2 Å². The highest BCUT2D eigenvalue weighted by Crippen LogP contribution is 2.34. The smallest absolute Gasteiger partial charge is 0.328 e. The molecule has 0 atom stereocenters. The Morgan fingerprint density at radius 1 is 1.42 bits per heavy atom. The largest absolute Gasteiger partial charge is 0.478 e. The summed E-state index contributed by atoms with van der Waals surface area (Å²) in [6.07, 6.45) is 4.02. The fourth-order valence-corrected chi connectivity index (χ4v) is 2.62. The molecule has 0 amide bonds. The van der Waals surface area contributed by atoms with E-state index in [9.17, 15) is 4.79 Å². The standard InChI is InChI=1S/C16H21NO2/c1-12-10-13(5-7-15(18)19)4-6-14(12)17-9-8-16(2,3)11-17/h4-7,10H,8-9,11H2,1-3H3,(H,18,19). The van der Waals surface area contributed by atoms with Crippen molar-refractivity contribution in [3.8, 4) is 0 Å². The Labute approximate surface area is 114 Å². The number of benzene rings is 1. The van der Waals surface area contributed by atoms with Crippen molar-refractivity contribution in [2.75, 3.05) is 18.0 Å². The summed E-state index contributed by atoms with van der Waals surface area (Å²) >= 11 is 0. The van der Waals surface area contributed by atoms with Crippen LogP contribution in [0.2, 0.25) is 0 Å². The summed E-state index contributed by atoms with van der Waals surface area (Å²) in [6.45, 7) is 8.85. The van der Waals surface area contributed by atoms with E-state index in [1.807, 2.05) is 12.1 Å². The minimum absolute atomic E-state index is 0.383. The Bertz CT molecular complexity index is 517. The minimum Gasteiger partial charge on any atom is -0.478 e. The van der Waals surface area contributed by atoms with Crippen molar-refractivity contribution in [1.82, 2.24) is 0 Å². The molecule has 1 N–H and O–H groups in total. The molecule has 0 bridgehead atoms. The number of rotatable bonds is 3. The van der Waals surface area contributed by atoms with E-state index in [1.54, 1.807) is 6.08 Å². The van der Waals surface area contributed by atoms with Gasteiger partial charge < -0.3 is 10.0 Å². The molecule has 1 aromatic carbocycles. The van der Waals surface area contributed by atoms with Gasteiger partial charge in [0.1, 0.15) is 0 Å². The van der Waals surface area contributed by atoms with E-state index in [2.05, 4.69) is 31.7 Å². The van der Waals surface area contributed by atoms with Gasteiger partial charge in [-0.25, -0.2) is 4.79 Å². The molecule has 1 aromatic rings. The number of aryl methyl sites for hydroxylation is 1. The lowest BCUT2D eigenvalue weighted by Crippen LogP contribution is -2.23. The highest BCUT2D eigenvalue weighted by atomic mass is 16.4. The molecule has 0 spiro atoms. The summed E-state index contributed by atoms with van der Waals surface area (Å²) in [5.41, 5.74) is 3.78. The Morgan fingerprint density at radius 2 is 2.16 bits per heavy atom. The zero-order valence-corrected chi connectivity index (χ0v) is 11.8. The van der Waals surface area contributed by atoms with Crippen molar-refractivity contribution < 1.29 is 9.90 Å². The van der Waals surface area contributed by atoms with Crippen LogP contribution in [-0.4, -0.2) is 24.2 Å². The van der Waals surface area contributed by atoms with E-state index in [0.717, 1.165) is 18.7 Å². The average molecular weight is 259 g/mol. The summed E-state index contributed by atoms with van der Waals surface area (Å²) in [5.74, 6) is -0.914. The average Bonchev–Trinajstić information content (AvgIpc) is 2.67. The van der Waals surface area contributed by atoms with Crippen molar-refractivity contribution in [3.05, 3.63) is 35.4 Å². The van der Waals surface area contributed by atoms with Crippen LogP contribution < -0.4 is 4.90 Å². The normalized spacial score (nSPS) is 18.2.